The Morgan fingerprint density at radius 2 is 1.63 bits per heavy atom. The van der Waals surface area contributed by atoms with Crippen molar-refractivity contribution in [1.82, 2.24) is 9.80 Å². The Bertz CT molecular complexity index is 284. The molecule has 0 aliphatic rings. The summed E-state index contributed by atoms with van der Waals surface area (Å²) in [6.45, 7) is 8.60. The zero-order chi connectivity index (χ0) is 15.0. The van der Waals surface area contributed by atoms with Crippen LogP contribution in [0, 0.1) is 0 Å². The highest BCUT2D eigenvalue weighted by molar-refractivity contribution is 5.79. The molecule has 0 aromatic heterocycles. The Kier molecular flexibility index (Phi) is 8.34. The molecule has 0 spiro atoms. The molecule has 0 aliphatic heterocycles. The maximum Gasteiger partial charge on any atom is 0.317 e. The van der Waals surface area contributed by atoms with Gasteiger partial charge in [0, 0.05) is 25.7 Å². The van der Waals surface area contributed by atoms with E-state index in [1.54, 1.807) is 16.9 Å². The van der Waals surface area contributed by atoms with Crippen molar-refractivity contribution in [1.29, 1.82) is 0 Å². The highest BCUT2D eigenvalue weighted by atomic mass is 16.5. The molecule has 6 heteroatoms. The molecule has 1 N–H and O–H groups in total. The Labute approximate surface area is 115 Å². The van der Waals surface area contributed by atoms with Gasteiger partial charge in [-0.25, -0.2) is 0 Å². The van der Waals surface area contributed by atoms with Crippen LogP contribution in [0.3, 0.4) is 0 Å². The first kappa shape index (κ1) is 17.9. The second kappa shape index (κ2) is 8.87. The molecule has 0 aromatic rings. The van der Waals surface area contributed by atoms with Crippen molar-refractivity contribution in [2.24, 2.45) is 0 Å². The minimum atomic E-state index is -0.940. The zero-order valence-electron chi connectivity index (χ0n) is 12.5. The lowest BCUT2D eigenvalue weighted by atomic mass is 10.2. The van der Waals surface area contributed by atoms with Crippen LogP contribution in [0.2, 0.25) is 0 Å². The summed E-state index contributed by atoms with van der Waals surface area (Å²) in [5.74, 6) is -0.994. The number of amides is 1. The van der Waals surface area contributed by atoms with E-state index in [2.05, 4.69) is 0 Å². The largest absolute Gasteiger partial charge is 0.480 e. The fraction of sp³-hybridized carbons (Fsp3) is 0.846. The first-order valence-electron chi connectivity index (χ1n) is 6.53. The van der Waals surface area contributed by atoms with Crippen molar-refractivity contribution in [2.45, 2.75) is 39.8 Å². The van der Waals surface area contributed by atoms with Gasteiger partial charge in [0.25, 0.3) is 0 Å². The van der Waals surface area contributed by atoms with Gasteiger partial charge in [-0.3, -0.25) is 14.5 Å². The van der Waals surface area contributed by atoms with Crippen LogP contribution in [0.1, 0.15) is 27.7 Å². The smallest absolute Gasteiger partial charge is 0.317 e. The average Bonchev–Trinajstić information content (AvgIpc) is 2.23. The van der Waals surface area contributed by atoms with E-state index in [0.29, 0.717) is 13.2 Å². The van der Waals surface area contributed by atoms with Crippen molar-refractivity contribution in [3.63, 3.8) is 0 Å². The Balaban J connectivity index is 4.62. The summed E-state index contributed by atoms with van der Waals surface area (Å²) >= 11 is 0. The van der Waals surface area contributed by atoms with E-state index in [0.717, 1.165) is 0 Å². The predicted octanol–water partition coefficient (Wildman–Crippen LogP) is 0.665. The fourth-order valence-corrected chi connectivity index (χ4v) is 2.07. The number of nitrogens with zero attached hydrogens (tertiary/aromatic N) is 2. The van der Waals surface area contributed by atoms with Gasteiger partial charge in [0.05, 0.1) is 19.7 Å². The number of carbonyl (C=O) groups excluding carboxylic acids is 1. The molecular formula is C13H26N2O4. The molecule has 0 atom stereocenters. The molecule has 0 aromatic carbocycles. The number of hydrogen-bond acceptors (Lipinski definition) is 4. The van der Waals surface area contributed by atoms with Gasteiger partial charge >= 0.3 is 5.97 Å². The molecule has 0 saturated heterocycles. The van der Waals surface area contributed by atoms with Gasteiger partial charge in [0.1, 0.15) is 0 Å². The highest BCUT2D eigenvalue weighted by Crippen LogP contribution is 2.06. The first-order chi connectivity index (χ1) is 8.79. The summed E-state index contributed by atoms with van der Waals surface area (Å²) in [6.07, 6.45) is 0. The molecule has 0 bridgehead atoms. The molecule has 0 saturated carbocycles. The molecule has 0 unspecified atom stereocenters. The van der Waals surface area contributed by atoms with Gasteiger partial charge in [-0.05, 0) is 27.7 Å². The first-order valence-corrected chi connectivity index (χ1v) is 6.53. The molecule has 19 heavy (non-hydrogen) atoms. The van der Waals surface area contributed by atoms with Crippen LogP contribution >= 0.6 is 0 Å². The maximum atomic E-state index is 12.2. The number of methoxy groups -OCH3 is 1. The van der Waals surface area contributed by atoms with Crippen LogP contribution in [0.15, 0.2) is 0 Å². The van der Waals surface area contributed by atoms with Gasteiger partial charge in [0.15, 0.2) is 0 Å². The molecule has 1 amide bonds. The third-order valence-corrected chi connectivity index (χ3v) is 2.73. The highest BCUT2D eigenvalue weighted by Gasteiger charge is 2.23. The minimum absolute atomic E-state index is 0.0534. The lowest BCUT2D eigenvalue weighted by Gasteiger charge is -2.32. The van der Waals surface area contributed by atoms with Crippen molar-refractivity contribution >= 4 is 11.9 Å². The van der Waals surface area contributed by atoms with Gasteiger partial charge in [-0.1, -0.05) is 0 Å². The number of hydrogen-bond donors (Lipinski definition) is 1. The zero-order valence-corrected chi connectivity index (χ0v) is 12.5. The van der Waals surface area contributed by atoms with E-state index in [9.17, 15) is 9.59 Å². The van der Waals surface area contributed by atoms with Crippen molar-refractivity contribution < 1.29 is 19.4 Å². The summed E-state index contributed by atoms with van der Waals surface area (Å²) in [5.41, 5.74) is 0. The number of ether oxygens (including phenoxy) is 1. The summed E-state index contributed by atoms with van der Waals surface area (Å²) in [5, 5.41) is 8.85. The third kappa shape index (κ3) is 7.12. The van der Waals surface area contributed by atoms with E-state index in [4.69, 9.17) is 9.84 Å². The average molecular weight is 274 g/mol. The number of carbonyl (C=O) groups is 2. The molecule has 0 aliphatic carbocycles. The van der Waals surface area contributed by atoms with Crippen LogP contribution in [0.25, 0.3) is 0 Å². The van der Waals surface area contributed by atoms with Gasteiger partial charge in [-0.2, -0.15) is 0 Å². The molecular weight excluding hydrogens is 248 g/mol. The lowest BCUT2D eigenvalue weighted by Crippen LogP contribution is -2.48. The summed E-state index contributed by atoms with van der Waals surface area (Å²) in [7, 11) is 1.55. The van der Waals surface area contributed by atoms with Crippen LogP contribution in [0.4, 0.5) is 0 Å². The second-order valence-electron chi connectivity index (χ2n) is 5.09. The summed E-state index contributed by atoms with van der Waals surface area (Å²) < 4.78 is 4.93. The van der Waals surface area contributed by atoms with Crippen molar-refractivity contribution in [3.8, 4) is 0 Å². The second-order valence-corrected chi connectivity index (χ2v) is 5.09. The Hall–Kier alpha value is -1.14. The quantitative estimate of drug-likeness (QED) is 0.669. The molecule has 0 fully saturated rings. The van der Waals surface area contributed by atoms with Crippen LogP contribution in [0.5, 0.6) is 0 Å². The topological polar surface area (TPSA) is 70.1 Å². The molecule has 6 nitrogen and oxygen atoms in total. The normalized spacial score (nSPS) is 11.4. The SMILES string of the molecule is COCCN(CC(=O)O)CC(=O)N(C(C)C)C(C)C. The van der Waals surface area contributed by atoms with Crippen LogP contribution in [-0.2, 0) is 14.3 Å². The lowest BCUT2D eigenvalue weighted by molar-refractivity contribution is -0.140. The number of aliphatic carboxylic acids is 1. The van der Waals surface area contributed by atoms with Gasteiger partial charge in [0.2, 0.25) is 5.91 Å². The van der Waals surface area contributed by atoms with Gasteiger partial charge in [-0.15, -0.1) is 0 Å². The fourth-order valence-electron chi connectivity index (χ4n) is 2.07. The molecule has 0 heterocycles. The number of carboxylic acid groups (broad SMARTS) is 1. The minimum Gasteiger partial charge on any atom is -0.480 e. The van der Waals surface area contributed by atoms with E-state index < -0.39 is 5.97 Å². The van der Waals surface area contributed by atoms with Gasteiger partial charge < -0.3 is 14.7 Å². The summed E-state index contributed by atoms with van der Waals surface area (Å²) in [4.78, 5) is 26.4. The number of rotatable bonds is 9. The van der Waals surface area contributed by atoms with E-state index in [1.807, 2.05) is 27.7 Å². The molecule has 0 rings (SSSR count). The third-order valence-electron chi connectivity index (χ3n) is 2.73. The standard InChI is InChI=1S/C13H26N2O4/c1-10(2)15(11(3)4)12(16)8-14(6-7-19-5)9-13(17)18/h10-11H,6-9H2,1-5H3,(H,17,18). The van der Waals surface area contributed by atoms with Crippen molar-refractivity contribution in [3.05, 3.63) is 0 Å². The Morgan fingerprint density at radius 3 is 2.00 bits per heavy atom. The van der Waals surface area contributed by atoms with Crippen LogP contribution < -0.4 is 0 Å². The van der Waals surface area contributed by atoms with E-state index in [1.165, 1.54) is 0 Å². The Morgan fingerprint density at radius 1 is 1.11 bits per heavy atom. The predicted molar refractivity (Wildman–Crippen MR) is 73.1 cm³/mol. The number of carboxylic acids is 1. The maximum absolute atomic E-state index is 12.2. The molecule has 0 radical (unpaired) electrons. The molecule has 112 valence electrons. The van der Waals surface area contributed by atoms with Crippen molar-refractivity contribution in [2.75, 3.05) is 33.4 Å². The monoisotopic (exact) mass is 274 g/mol. The van der Waals surface area contributed by atoms with E-state index in [-0.39, 0.29) is 31.1 Å². The van der Waals surface area contributed by atoms with Crippen LogP contribution in [-0.4, -0.2) is 72.2 Å². The summed E-state index contributed by atoms with van der Waals surface area (Å²) in [6, 6.07) is 0.197. The van der Waals surface area contributed by atoms with E-state index >= 15 is 0 Å².